The number of aryl methyl sites for hydroxylation is 1. The maximum Gasteiger partial charge on any atom is 0.267 e. The van der Waals surface area contributed by atoms with Gasteiger partial charge in [0.25, 0.3) is 5.91 Å². The molecule has 4 nitrogen and oxygen atoms in total. The zero-order valence-corrected chi connectivity index (χ0v) is 11.1. The molecular formula is C13H14N2O2S. The number of anilines is 1. The molecule has 2 aromatic rings. The van der Waals surface area contributed by atoms with Crippen LogP contribution in [0.5, 0.6) is 5.75 Å². The molecule has 2 rings (SSSR count). The van der Waals surface area contributed by atoms with Gasteiger partial charge in [0.05, 0.1) is 18.3 Å². The molecule has 0 radical (unpaired) electrons. The highest BCUT2D eigenvalue weighted by Gasteiger charge is 2.10. The summed E-state index contributed by atoms with van der Waals surface area (Å²) in [5, 5.41) is 3.79. The standard InChI is InChI=1S/C13H14N2O2S/c1-3-12-14-8-11(18-12)13(16)15-9-4-6-10(17-2)7-5-9/h4-8H,3H2,1-2H3,(H,15,16). The number of carbonyl (C=O) groups is 1. The predicted octanol–water partition coefficient (Wildman–Crippen LogP) is 2.97. The number of hydrogen-bond donors (Lipinski definition) is 1. The molecule has 0 saturated carbocycles. The van der Waals surface area contributed by atoms with E-state index in [1.165, 1.54) is 11.3 Å². The summed E-state index contributed by atoms with van der Waals surface area (Å²) in [6.07, 6.45) is 2.46. The Hall–Kier alpha value is -1.88. The molecule has 0 atom stereocenters. The van der Waals surface area contributed by atoms with Crippen molar-refractivity contribution in [3.8, 4) is 5.75 Å². The van der Waals surface area contributed by atoms with Crippen molar-refractivity contribution in [3.05, 3.63) is 40.3 Å². The fourth-order valence-electron chi connectivity index (χ4n) is 1.45. The first-order valence-electron chi connectivity index (χ1n) is 5.63. The SMILES string of the molecule is CCc1ncc(C(=O)Nc2ccc(OC)cc2)s1. The fourth-order valence-corrected chi connectivity index (χ4v) is 2.20. The summed E-state index contributed by atoms with van der Waals surface area (Å²) in [7, 11) is 1.61. The molecule has 0 aliphatic carbocycles. The van der Waals surface area contributed by atoms with Crippen LogP contribution in [0.4, 0.5) is 5.69 Å². The molecule has 0 unspecified atom stereocenters. The van der Waals surface area contributed by atoms with Gasteiger partial charge in [-0.1, -0.05) is 6.92 Å². The molecule has 0 spiro atoms. The van der Waals surface area contributed by atoms with E-state index < -0.39 is 0 Å². The lowest BCUT2D eigenvalue weighted by molar-refractivity contribution is 0.103. The number of aromatic nitrogens is 1. The van der Waals surface area contributed by atoms with Crippen LogP contribution < -0.4 is 10.1 Å². The highest BCUT2D eigenvalue weighted by Crippen LogP contribution is 2.18. The normalized spacial score (nSPS) is 10.1. The van der Waals surface area contributed by atoms with E-state index >= 15 is 0 Å². The van der Waals surface area contributed by atoms with Gasteiger partial charge in [-0.3, -0.25) is 4.79 Å². The number of hydrogen-bond acceptors (Lipinski definition) is 4. The van der Waals surface area contributed by atoms with E-state index in [9.17, 15) is 4.79 Å². The van der Waals surface area contributed by atoms with Crippen LogP contribution in [0.1, 0.15) is 21.6 Å². The molecule has 0 saturated heterocycles. The van der Waals surface area contributed by atoms with E-state index in [2.05, 4.69) is 10.3 Å². The van der Waals surface area contributed by atoms with Gasteiger partial charge < -0.3 is 10.1 Å². The zero-order valence-electron chi connectivity index (χ0n) is 10.3. The van der Waals surface area contributed by atoms with Gasteiger partial charge in [-0.2, -0.15) is 0 Å². The maximum atomic E-state index is 11.9. The Morgan fingerprint density at radius 3 is 2.67 bits per heavy atom. The maximum absolute atomic E-state index is 11.9. The Morgan fingerprint density at radius 1 is 1.39 bits per heavy atom. The van der Waals surface area contributed by atoms with Crippen LogP contribution in [0.15, 0.2) is 30.5 Å². The lowest BCUT2D eigenvalue weighted by Crippen LogP contribution is -2.09. The Balaban J connectivity index is 2.06. The molecule has 18 heavy (non-hydrogen) atoms. The van der Waals surface area contributed by atoms with E-state index in [-0.39, 0.29) is 5.91 Å². The summed E-state index contributed by atoms with van der Waals surface area (Å²) < 4.78 is 5.06. The van der Waals surface area contributed by atoms with Crippen molar-refractivity contribution in [2.24, 2.45) is 0 Å². The number of nitrogens with one attached hydrogen (secondary N) is 1. The third-order valence-electron chi connectivity index (χ3n) is 2.43. The monoisotopic (exact) mass is 262 g/mol. The quantitative estimate of drug-likeness (QED) is 0.921. The molecule has 5 heteroatoms. The Morgan fingerprint density at radius 2 is 2.11 bits per heavy atom. The van der Waals surface area contributed by atoms with Crippen molar-refractivity contribution in [2.75, 3.05) is 12.4 Å². The number of amides is 1. The predicted molar refractivity (Wildman–Crippen MR) is 72.4 cm³/mol. The van der Waals surface area contributed by atoms with Gasteiger partial charge in [0.2, 0.25) is 0 Å². The first kappa shape index (κ1) is 12.6. The Kier molecular flexibility index (Phi) is 3.94. The number of methoxy groups -OCH3 is 1. The average Bonchev–Trinajstić information content (AvgIpc) is 2.88. The fraction of sp³-hybridized carbons (Fsp3) is 0.231. The second kappa shape index (κ2) is 5.64. The van der Waals surface area contributed by atoms with E-state index in [1.807, 2.05) is 6.92 Å². The topological polar surface area (TPSA) is 51.2 Å². The van der Waals surface area contributed by atoms with Crippen LogP contribution in [-0.2, 0) is 6.42 Å². The third kappa shape index (κ3) is 2.87. The van der Waals surface area contributed by atoms with Gasteiger partial charge in [0.1, 0.15) is 10.6 Å². The summed E-state index contributed by atoms with van der Waals surface area (Å²) in [6, 6.07) is 7.22. The van der Waals surface area contributed by atoms with Gasteiger partial charge in [-0.15, -0.1) is 11.3 Å². The summed E-state index contributed by atoms with van der Waals surface area (Å²) in [5.41, 5.74) is 0.743. The van der Waals surface area contributed by atoms with Crippen molar-refractivity contribution < 1.29 is 9.53 Å². The molecule has 1 N–H and O–H groups in total. The van der Waals surface area contributed by atoms with Crippen molar-refractivity contribution in [2.45, 2.75) is 13.3 Å². The molecule has 0 fully saturated rings. The van der Waals surface area contributed by atoms with Crippen LogP contribution in [0, 0.1) is 0 Å². The lowest BCUT2D eigenvalue weighted by atomic mass is 10.3. The van der Waals surface area contributed by atoms with Gasteiger partial charge >= 0.3 is 0 Å². The minimum absolute atomic E-state index is 0.127. The number of thiazole rings is 1. The summed E-state index contributed by atoms with van der Waals surface area (Å²) in [5.74, 6) is 0.636. The van der Waals surface area contributed by atoms with Gasteiger partial charge in [0.15, 0.2) is 0 Å². The summed E-state index contributed by atoms with van der Waals surface area (Å²) in [6.45, 7) is 2.02. The smallest absolute Gasteiger partial charge is 0.267 e. The number of ether oxygens (including phenoxy) is 1. The Labute approximate surface area is 110 Å². The number of rotatable bonds is 4. The second-order valence-electron chi connectivity index (χ2n) is 3.65. The number of nitrogens with zero attached hydrogens (tertiary/aromatic N) is 1. The number of benzene rings is 1. The van der Waals surface area contributed by atoms with Crippen molar-refractivity contribution in [3.63, 3.8) is 0 Å². The molecule has 1 aromatic carbocycles. The highest BCUT2D eigenvalue weighted by atomic mass is 32.1. The minimum atomic E-state index is -0.127. The zero-order chi connectivity index (χ0) is 13.0. The lowest BCUT2D eigenvalue weighted by Gasteiger charge is -2.04. The molecule has 0 aliphatic heterocycles. The van der Waals surface area contributed by atoms with Gasteiger partial charge in [-0.25, -0.2) is 4.98 Å². The van der Waals surface area contributed by atoms with Crippen LogP contribution in [0.3, 0.4) is 0 Å². The van der Waals surface area contributed by atoms with Crippen LogP contribution >= 0.6 is 11.3 Å². The first-order valence-corrected chi connectivity index (χ1v) is 6.44. The molecule has 94 valence electrons. The molecule has 1 heterocycles. The molecule has 0 bridgehead atoms. The molecular weight excluding hydrogens is 248 g/mol. The summed E-state index contributed by atoms with van der Waals surface area (Å²) in [4.78, 5) is 16.7. The summed E-state index contributed by atoms with van der Waals surface area (Å²) >= 11 is 1.42. The molecule has 1 amide bonds. The second-order valence-corrected chi connectivity index (χ2v) is 4.77. The third-order valence-corrected chi connectivity index (χ3v) is 3.57. The molecule has 1 aromatic heterocycles. The van der Waals surface area contributed by atoms with Crippen molar-refractivity contribution in [1.82, 2.24) is 4.98 Å². The van der Waals surface area contributed by atoms with E-state index in [0.717, 1.165) is 22.9 Å². The van der Waals surface area contributed by atoms with Gasteiger partial charge in [0, 0.05) is 5.69 Å². The van der Waals surface area contributed by atoms with Crippen molar-refractivity contribution >= 4 is 22.9 Å². The van der Waals surface area contributed by atoms with E-state index in [0.29, 0.717) is 4.88 Å². The van der Waals surface area contributed by atoms with E-state index in [4.69, 9.17) is 4.74 Å². The highest BCUT2D eigenvalue weighted by molar-refractivity contribution is 7.13. The Bertz CT molecular complexity index is 534. The van der Waals surface area contributed by atoms with E-state index in [1.54, 1.807) is 37.6 Å². The first-order chi connectivity index (χ1) is 8.72. The van der Waals surface area contributed by atoms with Crippen LogP contribution in [0.2, 0.25) is 0 Å². The minimum Gasteiger partial charge on any atom is -0.497 e. The van der Waals surface area contributed by atoms with Crippen molar-refractivity contribution in [1.29, 1.82) is 0 Å². The molecule has 0 aliphatic rings. The van der Waals surface area contributed by atoms with Crippen LogP contribution in [0.25, 0.3) is 0 Å². The largest absolute Gasteiger partial charge is 0.497 e. The van der Waals surface area contributed by atoms with Gasteiger partial charge in [-0.05, 0) is 30.7 Å². The van der Waals surface area contributed by atoms with Crippen LogP contribution in [-0.4, -0.2) is 18.0 Å². The average molecular weight is 262 g/mol. The number of carbonyl (C=O) groups excluding carboxylic acids is 1.